The maximum Gasteiger partial charge on any atom is 1.00 e. The molecule has 0 bridgehead atoms. The van der Waals surface area contributed by atoms with Crippen LogP contribution >= 0.6 is 0 Å². The fourth-order valence-electron chi connectivity index (χ4n) is 1.12. The maximum atomic E-state index is 10.2. The summed E-state index contributed by atoms with van der Waals surface area (Å²) in [6.45, 7) is 0. The van der Waals surface area contributed by atoms with Gasteiger partial charge in [-0.15, -0.1) is 0 Å². The molecule has 0 aliphatic rings. The molecule has 5 heteroatoms. The van der Waals surface area contributed by atoms with Crippen LogP contribution in [0.15, 0.2) is 28.7 Å². The minimum absolute atomic E-state index is 0. The van der Waals surface area contributed by atoms with Gasteiger partial charge in [0, 0.05) is 0 Å². The molecule has 1 aromatic carbocycles. The van der Waals surface area contributed by atoms with E-state index in [0.717, 1.165) is 0 Å². The number of oxazole rings is 1. The standard InChI is InChI=1S/C9H7NO3.Na/c11-9(12)5-8-10-6-3-1-2-4-7(6)13-8;/h1-4H,5H2,(H,11,12);/q;+1/p-1. The van der Waals surface area contributed by atoms with Crippen LogP contribution in [0, 0.1) is 0 Å². The Morgan fingerprint density at radius 2 is 2.14 bits per heavy atom. The largest absolute Gasteiger partial charge is 1.00 e. The molecule has 0 fully saturated rings. The van der Waals surface area contributed by atoms with E-state index in [0.29, 0.717) is 11.1 Å². The zero-order valence-corrected chi connectivity index (χ0v) is 9.69. The summed E-state index contributed by atoms with van der Waals surface area (Å²) >= 11 is 0. The van der Waals surface area contributed by atoms with Crippen LogP contribution in [0.3, 0.4) is 0 Å². The van der Waals surface area contributed by atoms with Crippen LogP contribution in [0.25, 0.3) is 11.1 Å². The Balaban J connectivity index is 0.000000980. The monoisotopic (exact) mass is 199 g/mol. The topological polar surface area (TPSA) is 66.2 Å². The quantitative estimate of drug-likeness (QED) is 0.487. The van der Waals surface area contributed by atoms with E-state index in [2.05, 4.69) is 4.98 Å². The van der Waals surface area contributed by atoms with Crippen molar-refractivity contribution in [3.8, 4) is 0 Å². The van der Waals surface area contributed by atoms with Gasteiger partial charge in [0.1, 0.15) is 5.52 Å². The van der Waals surface area contributed by atoms with Crippen molar-refractivity contribution in [2.75, 3.05) is 0 Å². The number of carboxylic acid groups (broad SMARTS) is 1. The van der Waals surface area contributed by atoms with Crippen molar-refractivity contribution in [2.45, 2.75) is 6.42 Å². The number of fused-ring (bicyclic) bond motifs is 1. The average molecular weight is 199 g/mol. The second-order valence-corrected chi connectivity index (χ2v) is 2.62. The second kappa shape index (κ2) is 4.59. The maximum absolute atomic E-state index is 10.2. The second-order valence-electron chi connectivity index (χ2n) is 2.62. The zero-order valence-electron chi connectivity index (χ0n) is 7.69. The predicted molar refractivity (Wildman–Crippen MR) is 42.7 cm³/mol. The van der Waals surface area contributed by atoms with E-state index in [-0.39, 0.29) is 41.9 Å². The number of hydrogen-bond acceptors (Lipinski definition) is 4. The van der Waals surface area contributed by atoms with E-state index in [1.807, 2.05) is 6.07 Å². The van der Waals surface area contributed by atoms with Crippen molar-refractivity contribution in [1.29, 1.82) is 0 Å². The first-order valence-corrected chi connectivity index (χ1v) is 3.80. The molecule has 2 rings (SSSR count). The van der Waals surface area contributed by atoms with E-state index in [9.17, 15) is 9.90 Å². The van der Waals surface area contributed by atoms with E-state index >= 15 is 0 Å². The van der Waals surface area contributed by atoms with Crippen LogP contribution in [0.4, 0.5) is 0 Å². The molecule has 14 heavy (non-hydrogen) atoms. The molecule has 0 amide bonds. The Morgan fingerprint density at radius 1 is 1.43 bits per heavy atom. The third kappa shape index (κ3) is 2.35. The Bertz CT molecular complexity index is 419. The molecule has 0 saturated heterocycles. The number of carbonyl (C=O) groups excluding carboxylic acids is 1. The van der Waals surface area contributed by atoms with Crippen LogP contribution in [-0.4, -0.2) is 11.0 Å². The summed E-state index contributed by atoms with van der Waals surface area (Å²) in [5, 5.41) is 10.2. The predicted octanol–water partition coefficient (Wildman–Crippen LogP) is -2.88. The molecule has 4 nitrogen and oxygen atoms in total. The van der Waals surface area contributed by atoms with Gasteiger partial charge in [-0.05, 0) is 12.1 Å². The number of aliphatic carboxylic acids is 1. The number of carboxylic acids is 1. The van der Waals surface area contributed by atoms with E-state index in [4.69, 9.17) is 4.42 Å². The normalized spacial score (nSPS) is 9.71. The van der Waals surface area contributed by atoms with E-state index < -0.39 is 5.97 Å². The first kappa shape index (κ1) is 11.2. The summed E-state index contributed by atoms with van der Waals surface area (Å²) in [5.74, 6) is -1.01. The molecule has 0 N–H and O–H groups in total. The zero-order chi connectivity index (χ0) is 9.26. The molecule has 0 aliphatic carbocycles. The third-order valence-corrected chi connectivity index (χ3v) is 1.63. The molecular formula is C9H6NNaO3. The first-order chi connectivity index (χ1) is 6.25. The van der Waals surface area contributed by atoms with E-state index in [1.165, 1.54) is 0 Å². The summed E-state index contributed by atoms with van der Waals surface area (Å²) in [6.07, 6.45) is -0.283. The number of hydrogen-bond donors (Lipinski definition) is 0. The molecule has 0 unspecified atom stereocenters. The fraction of sp³-hybridized carbons (Fsp3) is 0.111. The molecule has 0 radical (unpaired) electrons. The van der Waals surface area contributed by atoms with Crippen LogP contribution in [0.5, 0.6) is 0 Å². The van der Waals surface area contributed by atoms with Crippen molar-refractivity contribution < 1.29 is 43.9 Å². The molecule has 0 saturated carbocycles. The van der Waals surface area contributed by atoms with E-state index in [1.54, 1.807) is 18.2 Å². The van der Waals surface area contributed by atoms with Crippen LogP contribution in [0.1, 0.15) is 5.89 Å². The minimum atomic E-state index is -1.19. The number of aromatic nitrogens is 1. The van der Waals surface area contributed by atoms with Gasteiger partial charge in [0.2, 0.25) is 5.89 Å². The Kier molecular flexibility index (Phi) is 3.69. The molecular weight excluding hydrogens is 193 g/mol. The van der Waals surface area contributed by atoms with Gasteiger partial charge in [0.15, 0.2) is 5.58 Å². The Labute approximate surface area is 102 Å². The SMILES string of the molecule is O=C([O-])Cc1nc2ccccc2o1.[Na+]. The van der Waals surface area contributed by atoms with Gasteiger partial charge in [-0.25, -0.2) is 4.98 Å². The minimum Gasteiger partial charge on any atom is -0.550 e. The number of para-hydroxylation sites is 2. The van der Waals surface area contributed by atoms with Crippen molar-refractivity contribution in [3.05, 3.63) is 30.2 Å². The van der Waals surface area contributed by atoms with Crippen molar-refractivity contribution in [3.63, 3.8) is 0 Å². The number of carbonyl (C=O) groups is 1. The number of rotatable bonds is 2. The van der Waals surface area contributed by atoms with Crippen molar-refractivity contribution >= 4 is 17.1 Å². The Hall–Kier alpha value is -0.840. The molecule has 66 valence electrons. The smallest absolute Gasteiger partial charge is 0.550 e. The summed E-state index contributed by atoms with van der Waals surface area (Å²) in [6, 6.07) is 7.11. The summed E-state index contributed by atoms with van der Waals surface area (Å²) in [5.41, 5.74) is 1.26. The summed E-state index contributed by atoms with van der Waals surface area (Å²) in [7, 11) is 0. The van der Waals surface area contributed by atoms with Crippen LogP contribution in [0.2, 0.25) is 0 Å². The third-order valence-electron chi connectivity index (χ3n) is 1.63. The molecule has 0 spiro atoms. The summed E-state index contributed by atoms with van der Waals surface area (Å²) in [4.78, 5) is 14.2. The van der Waals surface area contributed by atoms with Gasteiger partial charge >= 0.3 is 29.6 Å². The number of benzene rings is 1. The van der Waals surface area contributed by atoms with Gasteiger partial charge in [-0.1, -0.05) is 12.1 Å². The van der Waals surface area contributed by atoms with Crippen LogP contribution < -0.4 is 34.7 Å². The van der Waals surface area contributed by atoms with Gasteiger partial charge < -0.3 is 14.3 Å². The van der Waals surface area contributed by atoms with Gasteiger partial charge in [-0.3, -0.25) is 0 Å². The molecule has 0 atom stereocenters. The molecule has 0 aliphatic heterocycles. The van der Waals surface area contributed by atoms with Gasteiger partial charge in [-0.2, -0.15) is 0 Å². The first-order valence-electron chi connectivity index (χ1n) is 3.80. The van der Waals surface area contributed by atoms with Crippen LogP contribution in [-0.2, 0) is 11.2 Å². The Morgan fingerprint density at radius 3 is 2.79 bits per heavy atom. The van der Waals surface area contributed by atoms with Crippen molar-refractivity contribution in [1.82, 2.24) is 4.98 Å². The van der Waals surface area contributed by atoms with Crippen molar-refractivity contribution in [2.24, 2.45) is 0 Å². The number of nitrogens with zero attached hydrogens (tertiary/aromatic N) is 1. The molecule has 1 heterocycles. The van der Waals surface area contributed by atoms with Gasteiger partial charge in [0.25, 0.3) is 0 Å². The average Bonchev–Trinajstić information content (AvgIpc) is 2.44. The molecule has 1 aromatic heterocycles. The summed E-state index contributed by atoms with van der Waals surface area (Å²) < 4.78 is 5.15. The molecule has 2 aromatic rings. The fourth-order valence-corrected chi connectivity index (χ4v) is 1.12. The van der Waals surface area contributed by atoms with Gasteiger partial charge in [0.05, 0.1) is 12.4 Å².